The zero-order valence-electron chi connectivity index (χ0n) is 12.5. The van der Waals surface area contributed by atoms with Crippen molar-refractivity contribution in [1.29, 1.82) is 0 Å². The number of nitrogens with zero attached hydrogens (tertiary/aromatic N) is 4. The van der Waals surface area contributed by atoms with Crippen molar-refractivity contribution in [2.45, 2.75) is 26.6 Å². The summed E-state index contributed by atoms with van der Waals surface area (Å²) in [5, 5.41) is 0. The Morgan fingerprint density at radius 3 is 2.45 bits per heavy atom. The number of amides is 2. The fraction of sp³-hybridized carbons (Fsp3) is 0.400. The average molecular weight is 300 g/mol. The van der Waals surface area contributed by atoms with Crippen LogP contribution in [0.25, 0.3) is 0 Å². The van der Waals surface area contributed by atoms with Crippen LogP contribution in [0.1, 0.15) is 38.1 Å². The summed E-state index contributed by atoms with van der Waals surface area (Å²) >= 11 is 0. The largest absolute Gasteiger partial charge is 0.444 e. The summed E-state index contributed by atoms with van der Waals surface area (Å²) < 4.78 is 7.45. The van der Waals surface area contributed by atoms with E-state index in [1.165, 1.54) is 7.05 Å². The molecular weight excluding hydrogens is 284 g/mol. The van der Waals surface area contributed by atoms with Crippen molar-refractivity contribution < 1.29 is 14.0 Å². The maximum atomic E-state index is 11.9. The highest BCUT2D eigenvalue weighted by Gasteiger charge is 2.34. The van der Waals surface area contributed by atoms with Gasteiger partial charge in [0.05, 0.1) is 23.4 Å². The monoisotopic (exact) mass is 300 g/mol. The molecule has 0 N–H and O–H groups in total. The topological polar surface area (TPSA) is 71.6 Å². The summed E-state index contributed by atoms with van der Waals surface area (Å²) in [6, 6.07) is 0. The lowest BCUT2D eigenvalue weighted by Gasteiger charge is -2.15. The van der Waals surface area contributed by atoms with Crippen molar-refractivity contribution in [2.24, 2.45) is 0 Å². The quantitative estimate of drug-likeness (QED) is 0.792. The van der Waals surface area contributed by atoms with Gasteiger partial charge >= 0.3 is 0 Å². The zero-order valence-corrected chi connectivity index (χ0v) is 12.5. The predicted molar refractivity (Wildman–Crippen MR) is 76.2 cm³/mol. The lowest BCUT2D eigenvalue weighted by Crippen LogP contribution is -2.25. The Balaban J connectivity index is 1.42. The molecule has 2 amide bonds. The van der Waals surface area contributed by atoms with Crippen LogP contribution in [0.5, 0.6) is 0 Å². The Bertz CT molecular complexity index is 732. The molecule has 0 aliphatic carbocycles. The Kier molecular flexibility index (Phi) is 2.74. The van der Waals surface area contributed by atoms with Crippen LogP contribution >= 0.6 is 0 Å². The number of rotatable bonds is 3. The van der Waals surface area contributed by atoms with E-state index in [-0.39, 0.29) is 11.8 Å². The van der Waals surface area contributed by atoms with Gasteiger partial charge in [-0.1, -0.05) is 0 Å². The molecule has 0 fully saturated rings. The first-order chi connectivity index (χ1) is 10.5. The molecule has 4 rings (SSSR count). The van der Waals surface area contributed by atoms with Gasteiger partial charge in [-0.25, -0.2) is 4.98 Å². The molecule has 0 aromatic carbocycles. The molecule has 0 saturated carbocycles. The lowest BCUT2D eigenvalue weighted by atomic mass is 10.2. The minimum absolute atomic E-state index is 0.223. The molecule has 0 saturated heterocycles. The second-order valence-corrected chi connectivity index (χ2v) is 5.81. The first-order valence-electron chi connectivity index (χ1n) is 7.22. The minimum atomic E-state index is -0.223. The Hall–Kier alpha value is -2.41. The number of oxazole rings is 1. The number of aromatic nitrogens is 2. The highest BCUT2D eigenvalue weighted by atomic mass is 16.4. The van der Waals surface area contributed by atoms with Gasteiger partial charge in [0.1, 0.15) is 5.76 Å². The van der Waals surface area contributed by atoms with Crippen LogP contribution in [0.2, 0.25) is 0 Å². The van der Waals surface area contributed by atoms with Crippen molar-refractivity contribution >= 4 is 11.8 Å². The van der Waals surface area contributed by atoms with Gasteiger partial charge in [0.15, 0.2) is 5.89 Å². The first kappa shape index (κ1) is 13.3. The van der Waals surface area contributed by atoms with Crippen LogP contribution in [0.4, 0.5) is 0 Å². The van der Waals surface area contributed by atoms with Crippen LogP contribution < -0.4 is 0 Å². The van der Waals surface area contributed by atoms with Crippen LogP contribution in [0.15, 0.2) is 16.8 Å². The van der Waals surface area contributed by atoms with E-state index in [2.05, 4.69) is 9.88 Å². The molecule has 0 unspecified atom stereocenters. The number of carbonyl (C=O) groups excluding carboxylic acids is 2. The van der Waals surface area contributed by atoms with Crippen molar-refractivity contribution in [2.75, 3.05) is 13.6 Å². The van der Waals surface area contributed by atoms with Crippen LogP contribution in [0, 0.1) is 6.92 Å². The fourth-order valence-corrected chi connectivity index (χ4v) is 3.08. The van der Waals surface area contributed by atoms with Gasteiger partial charge in [0.2, 0.25) is 0 Å². The third kappa shape index (κ3) is 1.89. The van der Waals surface area contributed by atoms with E-state index in [0.29, 0.717) is 17.0 Å². The Labute approximate surface area is 127 Å². The van der Waals surface area contributed by atoms with E-state index >= 15 is 0 Å². The van der Waals surface area contributed by atoms with E-state index in [0.717, 1.165) is 42.5 Å². The maximum absolute atomic E-state index is 11.9. The third-order valence-corrected chi connectivity index (χ3v) is 4.25. The predicted octanol–water partition coefficient (Wildman–Crippen LogP) is 1.03. The molecule has 7 heteroatoms. The second kappa shape index (κ2) is 4.54. The molecule has 7 nitrogen and oxygen atoms in total. The summed E-state index contributed by atoms with van der Waals surface area (Å²) in [5.74, 6) is 1.21. The number of imide groups is 1. The summed E-state index contributed by atoms with van der Waals surface area (Å²) in [4.78, 5) is 31.5. The smallest absolute Gasteiger partial charge is 0.262 e. The molecule has 0 radical (unpaired) electrons. The number of aryl methyl sites for hydroxylation is 1. The normalized spacial score (nSPS) is 17.5. The first-order valence-corrected chi connectivity index (χ1v) is 7.22. The number of hydrogen-bond donors (Lipinski definition) is 0. The molecule has 0 spiro atoms. The second-order valence-electron chi connectivity index (χ2n) is 5.81. The van der Waals surface area contributed by atoms with E-state index in [1.807, 2.05) is 11.5 Å². The zero-order chi connectivity index (χ0) is 15.4. The van der Waals surface area contributed by atoms with E-state index in [1.54, 1.807) is 12.4 Å². The average Bonchev–Trinajstić information content (AvgIpc) is 3.17. The molecule has 114 valence electrons. The number of carbonyl (C=O) groups is 2. The van der Waals surface area contributed by atoms with Crippen molar-refractivity contribution in [3.63, 3.8) is 0 Å². The van der Waals surface area contributed by atoms with Gasteiger partial charge < -0.3 is 8.98 Å². The molecule has 0 atom stereocenters. The summed E-state index contributed by atoms with van der Waals surface area (Å²) in [6.45, 7) is 4.94. The van der Waals surface area contributed by atoms with Gasteiger partial charge in [-0.15, -0.1) is 0 Å². The van der Waals surface area contributed by atoms with E-state index in [9.17, 15) is 9.59 Å². The molecule has 2 aliphatic heterocycles. The summed E-state index contributed by atoms with van der Waals surface area (Å²) in [5.41, 5.74) is 2.01. The summed E-state index contributed by atoms with van der Waals surface area (Å²) in [7, 11) is 1.51. The molecule has 0 bridgehead atoms. The van der Waals surface area contributed by atoms with Gasteiger partial charge in [-0.3, -0.25) is 19.4 Å². The number of hydrogen-bond acceptors (Lipinski definition) is 5. The third-order valence-electron chi connectivity index (χ3n) is 4.25. The Morgan fingerprint density at radius 1 is 1.14 bits per heavy atom. The molecule has 2 aliphatic rings. The number of fused-ring (bicyclic) bond motifs is 2. The van der Waals surface area contributed by atoms with Crippen molar-refractivity contribution in [1.82, 2.24) is 19.4 Å². The fourth-order valence-electron chi connectivity index (χ4n) is 3.08. The molecule has 2 aromatic heterocycles. The van der Waals surface area contributed by atoms with Crippen molar-refractivity contribution in [3.8, 4) is 0 Å². The van der Waals surface area contributed by atoms with Gasteiger partial charge in [-0.2, -0.15) is 0 Å². The highest BCUT2D eigenvalue weighted by molar-refractivity contribution is 6.21. The van der Waals surface area contributed by atoms with Gasteiger partial charge in [0.25, 0.3) is 11.8 Å². The van der Waals surface area contributed by atoms with Crippen LogP contribution in [-0.4, -0.2) is 44.8 Å². The molecule has 4 heterocycles. The van der Waals surface area contributed by atoms with Crippen LogP contribution in [0.3, 0.4) is 0 Å². The SMILES string of the molecule is Cc1nc2c(o1)CN(CCn1cc3c(c1)C(=O)N(C)C3=O)C2. The van der Waals surface area contributed by atoms with Gasteiger partial charge in [0, 0.05) is 46.0 Å². The summed E-state index contributed by atoms with van der Waals surface area (Å²) in [6.07, 6.45) is 3.52. The molecule has 22 heavy (non-hydrogen) atoms. The maximum Gasteiger partial charge on any atom is 0.262 e. The lowest BCUT2D eigenvalue weighted by molar-refractivity contribution is 0.0691. The van der Waals surface area contributed by atoms with Gasteiger partial charge in [-0.05, 0) is 0 Å². The molecular formula is C15H16N4O3. The van der Waals surface area contributed by atoms with E-state index in [4.69, 9.17) is 4.42 Å². The molecule has 2 aromatic rings. The van der Waals surface area contributed by atoms with Crippen LogP contribution in [-0.2, 0) is 19.6 Å². The standard InChI is InChI=1S/C15H16N4O3/c1-9-16-12-7-19(8-13(12)22-9)4-3-18-5-10-11(6-18)15(21)17(2)14(10)20/h5-6H,3-4,7-8H2,1-2H3. The van der Waals surface area contributed by atoms with Crippen molar-refractivity contribution in [3.05, 3.63) is 40.9 Å². The Morgan fingerprint density at radius 2 is 1.82 bits per heavy atom. The highest BCUT2D eigenvalue weighted by Crippen LogP contribution is 2.24. The minimum Gasteiger partial charge on any atom is -0.444 e. The van der Waals surface area contributed by atoms with E-state index < -0.39 is 0 Å².